The molecule has 5 rings (SSSR count). The summed E-state index contributed by atoms with van der Waals surface area (Å²) in [5.74, 6) is 1.80. The number of rotatable bonds is 8. The van der Waals surface area contributed by atoms with Crippen molar-refractivity contribution in [3.63, 3.8) is 0 Å². The number of esters is 1. The Hall–Kier alpha value is -4.26. The van der Waals surface area contributed by atoms with Gasteiger partial charge in [-0.2, -0.15) is 0 Å². The third-order valence-corrected chi connectivity index (χ3v) is 6.39. The Labute approximate surface area is 220 Å². The highest BCUT2D eigenvalue weighted by Gasteiger charge is 2.19. The Morgan fingerprint density at radius 2 is 1.76 bits per heavy atom. The number of hydrogen-bond donors (Lipinski definition) is 0. The minimum Gasteiger partial charge on any atom is -0.490 e. The van der Waals surface area contributed by atoms with Crippen LogP contribution in [0.1, 0.15) is 36.7 Å². The number of benzene rings is 3. The van der Waals surface area contributed by atoms with E-state index in [1.54, 1.807) is 19.1 Å². The molecule has 7 nitrogen and oxygen atoms in total. The van der Waals surface area contributed by atoms with Gasteiger partial charge in [-0.25, -0.2) is 4.79 Å². The highest BCUT2D eigenvalue weighted by Crippen LogP contribution is 2.36. The van der Waals surface area contributed by atoms with Crippen molar-refractivity contribution >= 4 is 16.9 Å². The van der Waals surface area contributed by atoms with E-state index in [1.165, 1.54) is 0 Å². The maximum absolute atomic E-state index is 13.7. The highest BCUT2D eigenvalue weighted by molar-refractivity contribution is 5.85. The fourth-order valence-electron chi connectivity index (χ4n) is 4.55. The first kappa shape index (κ1) is 25.4. The zero-order valence-corrected chi connectivity index (χ0v) is 21.6. The van der Waals surface area contributed by atoms with Crippen LogP contribution in [-0.2, 0) is 22.6 Å². The molecule has 196 valence electrons. The van der Waals surface area contributed by atoms with E-state index in [1.807, 2.05) is 55.5 Å². The van der Waals surface area contributed by atoms with Crippen molar-refractivity contribution in [3.8, 4) is 28.4 Å². The molecule has 38 heavy (non-hydrogen) atoms. The molecule has 0 N–H and O–H groups in total. The summed E-state index contributed by atoms with van der Waals surface area (Å²) in [5.41, 5.74) is 3.19. The number of ether oxygens (including phenoxy) is 4. The molecular formula is C31H30O7. The molecule has 2 heterocycles. The van der Waals surface area contributed by atoms with Gasteiger partial charge in [0.15, 0.2) is 18.1 Å². The van der Waals surface area contributed by atoms with Crippen LogP contribution in [0.4, 0.5) is 0 Å². The molecule has 0 saturated heterocycles. The SMILES string of the molecule is CCCc1cc2c(=O)c(-c3ccc4c(c3)OCCCO4)c(C)oc2cc1OCC(=O)OCc1ccccc1. The van der Waals surface area contributed by atoms with Gasteiger partial charge in [-0.15, -0.1) is 0 Å². The van der Waals surface area contributed by atoms with Crippen LogP contribution in [0.5, 0.6) is 17.2 Å². The smallest absolute Gasteiger partial charge is 0.344 e. The average Bonchev–Trinajstić information content (AvgIpc) is 3.17. The molecule has 0 unspecified atom stereocenters. The maximum atomic E-state index is 13.7. The predicted octanol–water partition coefficient (Wildman–Crippen LogP) is 6.00. The van der Waals surface area contributed by atoms with Gasteiger partial charge in [0.25, 0.3) is 0 Å². The minimum atomic E-state index is -0.473. The fraction of sp³-hybridized carbons (Fsp3) is 0.290. The van der Waals surface area contributed by atoms with Crippen molar-refractivity contribution in [2.75, 3.05) is 19.8 Å². The van der Waals surface area contributed by atoms with Crippen LogP contribution in [0.15, 0.2) is 69.9 Å². The van der Waals surface area contributed by atoms with Crippen LogP contribution >= 0.6 is 0 Å². The van der Waals surface area contributed by atoms with Gasteiger partial charge in [-0.05, 0) is 48.2 Å². The summed E-state index contributed by atoms with van der Waals surface area (Å²) in [6.07, 6.45) is 2.32. The van der Waals surface area contributed by atoms with E-state index in [2.05, 4.69) is 0 Å². The Bertz CT molecular complexity index is 1500. The molecule has 1 aliphatic rings. The molecule has 3 aromatic carbocycles. The van der Waals surface area contributed by atoms with Crippen LogP contribution in [0, 0.1) is 6.92 Å². The molecule has 1 aromatic heterocycles. The lowest BCUT2D eigenvalue weighted by Crippen LogP contribution is -2.16. The summed E-state index contributed by atoms with van der Waals surface area (Å²) in [7, 11) is 0. The van der Waals surface area contributed by atoms with E-state index in [0.29, 0.717) is 64.7 Å². The van der Waals surface area contributed by atoms with E-state index in [-0.39, 0.29) is 18.6 Å². The zero-order chi connectivity index (χ0) is 26.5. The van der Waals surface area contributed by atoms with Gasteiger partial charge in [0.05, 0.1) is 24.2 Å². The van der Waals surface area contributed by atoms with E-state index >= 15 is 0 Å². The molecule has 4 aromatic rings. The van der Waals surface area contributed by atoms with E-state index in [9.17, 15) is 9.59 Å². The topological polar surface area (TPSA) is 84.2 Å². The molecule has 0 amide bonds. The van der Waals surface area contributed by atoms with Crippen LogP contribution in [0.2, 0.25) is 0 Å². The Morgan fingerprint density at radius 1 is 0.974 bits per heavy atom. The van der Waals surface area contributed by atoms with E-state index in [4.69, 9.17) is 23.4 Å². The largest absolute Gasteiger partial charge is 0.490 e. The Kier molecular flexibility index (Phi) is 7.63. The highest BCUT2D eigenvalue weighted by atomic mass is 16.6. The van der Waals surface area contributed by atoms with Crippen molar-refractivity contribution in [3.05, 3.63) is 87.8 Å². The first-order valence-corrected chi connectivity index (χ1v) is 12.9. The number of aryl methyl sites for hydroxylation is 2. The quantitative estimate of drug-likeness (QED) is 0.267. The fourth-order valence-corrected chi connectivity index (χ4v) is 4.55. The Morgan fingerprint density at radius 3 is 2.55 bits per heavy atom. The molecule has 0 aliphatic carbocycles. The molecule has 0 radical (unpaired) electrons. The van der Waals surface area contributed by atoms with E-state index < -0.39 is 5.97 Å². The van der Waals surface area contributed by atoms with Crippen LogP contribution < -0.4 is 19.6 Å². The van der Waals surface area contributed by atoms with Gasteiger partial charge >= 0.3 is 5.97 Å². The molecule has 1 aliphatic heterocycles. The van der Waals surface area contributed by atoms with Crippen molar-refractivity contribution in [1.82, 2.24) is 0 Å². The number of fused-ring (bicyclic) bond motifs is 2. The summed E-state index contributed by atoms with van der Waals surface area (Å²) in [6.45, 7) is 4.90. The molecular weight excluding hydrogens is 484 g/mol. The first-order valence-electron chi connectivity index (χ1n) is 12.9. The van der Waals surface area contributed by atoms with E-state index in [0.717, 1.165) is 24.0 Å². The first-order chi connectivity index (χ1) is 18.5. The third-order valence-electron chi connectivity index (χ3n) is 6.39. The number of hydrogen-bond acceptors (Lipinski definition) is 7. The standard InChI is InChI=1S/C31H30O7/c1-3-8-22-15-24-27(17-26(22)36-19-29(32)37-18-21-9-5-4-6-10-21)38-20(2)30(31(24)33)23-11-12-25-28(16-23)35-14-7-13-34-25/h4-6,9-12,15-17H,3,7-8,13-14,18-19H2,1-2H3. The lowest BCUT2D eigenvalue weighted by atomic mass is 10.00. The monoisotopic (exact) mass is 514 g/mol. The predicted molar refractivity (Wildman–Crippen MR) is 144 cm³/mol. The summed E-state index contributed by atoms with van der Waals surface area (Å²) in [5, 5.41) is 0.458. The average molecular weight is 515 g/mol. The summed E-state index contributed by atoms with van der Waals surface area (Å²) < 4.78 is 28.8. The molecule has 0 spiro atoms. The maximum Gasteiger partial charge on any atom is 0.344 e. The Balaban J connectivity index is 1.42. The number of carbonyl (C=O) groups excluding carboxylic acids is 1. The van der Waals surface area contributed by atoms with Crippen molar-refractivity contribution in [1.29, 1.82) is 0 Å². The van der Waals surface area contributed by atoms with Gasteiger partial charge < -0.3 is 23.4 Å². The molecule has 7 heteroatoms. The normalized spacial score (nSPS) is 12.7. The summed E-state index contributed by atoms with van der Waals surface area (Å²) >= 11 is 0. The minimum absolute atomic E-state index is 0.135. The van der Waals surface area contributed by atoms with Gasteiger partial charge in [0, 0.05) is 12.5 Å². The summed E-state index contributed by atoms with van der Waals surface area (Å²) in [6, 6.07) is 18.5. The second-order valence-corrected chi connectivity index (χ2v) is 9.22. The molecule has 0 atom stereocenters. The molecule has 0 fully saturated rings. The molecule has 0 bridgehead atoms. The van der Waals surface area contributed by atoms with Crippen LogP contribution in [0.25, 0.3) is 22.1 Å². The van der Waals surface area contributed by atoms with Crippen LogP contribution in [0.3, 0.4) is 0 Å². The lowest BCUT2D eigenvalue weighted by Gasteiger charge is -2.14. The van der Waals surface area contributed by atoms with Gasteiger partial charge in [-0.3, -0.25) is 4.79 Å². The van der Waals surface area contributed by atoms with Crippen molar-refractivity contribution < 1.29 is 28.2 Å². The van der Waals surface area contributed by atoms with Crippen LogP contribution in [-0.4, -0.2) is 25.8 Å². The second-order valence-electron chi connectivity index (χ2n) is 9.22. The van der Waals surface area contributed by atoms with Gasteiger partial charge in [0.1, 0.15) is 23.7 Å². The molecule has 0 saturated carbocycles. The summed E-state index contributed by atoms with van der Waals surface area (Å²) in [4.78, 5) is 26.0. The zero-order valence-electron chi connectivity index (χ0n) is 21.6. The number of carbonyl (C=O) groups is 1. The van der Waals surface area contributed by atoms with Crippen molar-refractivity contribution in [2.24, 2.45) is 0 Å². The van der Waals surface area contributed by atoms with Gasteiger partial charge in [-0.1, -0.05) is 49.7 Å². The second kappa shape index (κ2) is 11.4. The third kappa shape index (κ3) is 5.52. The van der Waals surface area contributed by atoms with Crippen molar-refractivity contribution in [2.45, 2.75) is 39.7 Å². The lowest BCUT2D eigenvalue weighted by molar-refractivity contribution is -0.147. The van der Waals surface area contributed by atoms with Gasteiger partial charge in [0.2, 0.25) is 5.43 Å².